The number of fused-ring (bicyclic) bond motifs is 2. The number of hydrogen-bond acceptors (Lipinski definition) is 4. The quantitative estimate of drug-likeness (QED) is 0.549. The van der Waals surface area contributed by atoms with Crippen molar-refractivity contribution >= 4 is 38.4 Å². The largest absolute Gasteiger partial charge is 0.478 e. The monoisotopic (exact) mass is 455 g/mol. The number of aliphatic hydroxyl groups excluding tert-OH is 1. The minimum Gasteiger partial charge on any atom is -0.478 e. The van der Waals surface area contributed by atoms with E-state index in [1.165, 1.54) is 46.1 Å². The molecule has 1 aromatic carbocycles. The second-order valence-electron chi connectivity index (χ2n) is 7.46. The molecule has 2 atom stereocenters. The summed E-state index contributed by atoms with van der Waals surface area (Å²) < 4.78 is 0.674. The van der Waals surface area contributed by atoms with Crippen LogP contribution in [0.3, 0.4) is 0 Å². The van der Waals surface area contributed by atoms with Crippen molar-refractivity contribution in [3.8, 4) is 0 Å². The van der Waals surface area contributed by atoms with E-state index in [2.05, 4.69) is 68.3 Å². The fourth-order valence-corrected chi connectivity index (χ4v) is 4.56. The molecule has 3 heterocycles. The second-order valence-corrected chi connectivity index (χ2v) is 8.38. The Morgan fingerprint density at radius 3 is 2.90 bits per heavy atom. The van der Waals surface area contributed by atoms with E-state index >= 15 is 0 Å². The Hall–Kier alpha value is -2.48. The lowest BCUT2D eigenvalue weighted by molar-refractivity contribution is 0.0696. The minimum atomic E-state index is -0.964. The van der Waals surface area contributed by atoms with Gasteiger partial charge in [-0.05, 0) is 58.2 Å². The lowest BCUT2D eigenvalue weighted by atomic mass is 9.80. The highest BCUT2D eigenvalue weighted by Crippen LogP contribution is 2.40. The highest BCUT2D eigenvalue weighted by Gasteiger charge is 2.33. The Balaban J connectivity index is 0.000000174. The van der Waals surface area contributed by atoms with Gasteiger partial charge in [0.05, 0.1) is 12.2 Å². The number of carboxylic acids is 1. The summed E-state index contributed by atoms with van der Waals surface area (Å²) in [5, 5.41) is 19.3. The third-order valence-corrected chi connectivity index (χ3v) is 5.96. The lowest BCUT2D eigenvalue weighted by Crippen LogP contribution is -2.43. The first-order valence-corrected chi connectivity index (χ1v) is 10.2. The lowest BCUT2D eigenvalue weighted by Gasteiger charge is -2.39. The van der Waals surface area contributed by atoms with Crippen molar-refractivity contribution in [2.75, 3.05) is 20.2 Å². The molecule has 3 N–H and O–H groups in total. The fraction of sp³-hybridized carbons (Fsp3) is 0.273. The zero-order chi connectivity index (χ0) is 20.5. The molecule has 3 aromatic rings. The van der Waals surface area contributed by atoms with Crippen LogP contribution in [0.15, 0.2) is 53.4 Å². The number of aromatic amines is 1. The van der Waals surface area contributed by atoms with Crippen molar-refractivity contribution in [1.82, 2.24) is 14.9 Å². The van der Waals surface area contributed by atoms with Gasteiger partial charge in [-0.3, -0.25) is 9.88 Å². The number of likely N-dealkylation sites (N-methyl/N-ethyl adjacent to an activating group) is 1. The van der Waals surface area contributed by atoms with Gasteiger partial charge in [0.15, 0.2) is 0 Å². The van der Waals surface area contributed by atoms with Gasteiger partial charge in [-0.25, -0.2) is 4.79 Å². The van der Waals surface area contributed by atoms with Gasteiger partial charge in [-0.1, -0.05) is 18.2 Å². The van der Waals surface area contributed by atoms with Crippen molar-refractivity contribution in [1.29, 1.82) is 0 Å². The molecule has 29 heavy (non-hydrogen) atoms. The number of nitrogens with zero attached hydrogens (tertiary/aromatic N) is 2. The minimum absolute atomic E-state index is 0.189. The molecule has 2 aromatic heterocycles. The van der Waals surface area contributed by atoms with E-state index in [1.807, 2.05) is 0 Å². The average molecular weight is 456 g/mol. The number of aromatic carboxylic acids is 1. The molecular weight excluding hydrogens is 434 g/mol. The number of hydrogen-bond donors (Lipinski definition) is 3. The first-order chi connectivity index (χ1) is 14.0. The summed E-state index contributed by atoms with van der Waals surface area (Å²) in [4.78, 5) is 19.7. The topological polar surface area (TPSA) is 89.5 Å². The number of carboxylic acid groups (broad SMARTS) is 1. The highest BCUT2D eigenvalue weighted by molar-refractivity contribution is 9.10. The molecule has 0 amide bonds. The van der Waals surface area contributed by atoms with Gasteiger partial charge in [-0.2, -0.15) is 0 Å². The summed E-state index contributed by atoms with van der Waals surface area (Å²) >= 11 is 3.10. The summed E-state index contributed by atoms with van der Waals surface area (Å²) in [6, 6.07) is 8.42. The van der Waals surface area contributed by atoms with Gasteiger partial charge in [0, 0.05) is 52.5 Å². The SMILES string of the molecule is CN1C[C@H](CO)C=C2c3cccc4[nH]cc(c34)C[C@H]21.O=C(O)c1cncc(Br)c1. The molecule has 2 aliphatic rings. The van der Waals surface area contributed by atoms with E-state index in [9.17, 15) is 9.90 Å². The molecular formula is C22H22BrN3O3. The Morgan fingerprint density at radius 1 is 1.38 bits per heavy atom. The smallest absolute Gasteiger partial charge is 0.337 e. The Kier molecular flexibility index (Phi) is 5.54. The van der Waals surface area contributed by atoms with Crippen molar-refractivity contribution in [3.63, 3.8) is 0 Å². The molecule has 5 rings (SSSR count). The molecule has 0 unspecified atom stereocenters. The van der Waals surface area contributed by atoms with Crippen LogP contribution in [-0.4, -0.2) is 57.3 Å². The first kappa shape index (κ1) is 19.8. The first-order valence-electron chi connectivity index (χ1n) is 9.44. The third kappa shape index (κ3) is 3.85. The van der Waals surface area contributed by atoms with Crippen molar-refractivity contribution in [2.45, 2.75) is 12.5 Å². The maximum Gasteiger partial charge on any atom is 0.337 e. The number of pyridine rings is 1. The number of benzene rings is 1. The van der Waals surface area contributed by atoms with Crippen LogP contribution in [0.1, 0.15) is 21.5 Å². The Bertz CT molecular complexity index is 1090. The van der Waals surface area contributed by atoms with Crippen LogP contribution in [0.2, 0.25) is 0 Å². The maximum absolute atomic E-state index is 10.3. The summed E-state index contributed by atoms with van der Waals surface area (Å²) in [5.74, 6) is -0.708. The molecule has 0 spiro atoms. The molecule has 7 heteroatoms. The van der Waals surface area contributed by atoms with E-state index in [-0.39, 0.29) is 18.1 Å². The van der Waals surface area contributed by atoms with E-state index in [1.54, 1.807) is 0 Å². The van der Waals surface area contributed by atoms with Gasteiger partial charge in [-0.15, -0.1) is 0 Å². The number of nitrogens with one attached hydrogen (secondary N) is 1. The maximum atomic E-state index is 10.3. The Morgan fingerprint density at radius 2 is 2.21 bits per heavy atom. The van der Waals surface area contributed by atoms with E-state index in [0.717, 1.165) is 13.0 Å². The summed E-state index contributed by atoms with van der Waals surface area (Å²) in [5.41, 5.74) is 5.57. The number of H-pyrrole nitrogens is 1. The van der Waals surface area contributed by atoms with Crippen LogP contribution in [-0.2, 0) is 6.42 Å². The number of rotatable bonds is 2. The average Bonchev–Trinajstić information content (AvgIpc) is 3.13. The number of halogens is 1. The fourth-order valence-electron chi connectivity index (χ4n) is 4.19. The highest BCUT2D eigenvalue weighted by atomic mass is 79.9. The normalized spacial score (nSPS) is 20.4. The van der Waals surface area contributed by atoms with Crippen molar-refractivity contribution in [2.24, 2.45) is 5.92 Å². The van der Waals surface area contributed by atoms with Gasteiger partial charge in [0.1, 0.15) is 0 Å². The predicted molar refractivity (Wildman–Crippen MR) is 116 cm³/mol. The third-order valence-electron chi connectivity index (χ3n) is 5.53. The summed E-state index contributed by atoms with van der Waals surface area (Å²) in [6.07, 6.45) is 8.34. The molecule has 0 saturated carbocycles. The molecule has 1 aliphatic carbocycles. The van der Waals surface area contributed by atoms with Gasteiger partial charge >= 0.3 is 5.97 Å². The predicted octanol–water partition coefficient (Wildman–Crippen LogP) is 3.57. The van der Waals surface area contributed by atoms with Crippen LogP contribution >= 0.6 is 15.9 Å². The molecule has 1 aliphatic heterocycles. The summed E-state index contributed by atoms with van der Waals surface area (Å²) in [6.45, 7) is 1.18. The van der Waals surface area contributed by atoms with Crippen LogP contribution in [0, 0.1) is 5.92 Å². The van der Waals surface area contributed by atoms with Crippen molar-refractivity contribution in [3.05, 3.63) is 70.1 Å². The standard InChI is InChI=1S/C16H18N2O.C6H4BrNO2/c1-18-8-10(9-19)5-13-12-3-2-4-14-16(12)11(7-17-14)6-15(13)18;7-5-1-4(6(9)10)2-8-3-5/h2-5,7,10,15,17,19H,6,8-9H2,1H3;1-3H,(H,9,10)/t10-,15-;/m1./s1. The number of aromatic nitrogens is 2. The molecule has 0 fully saturated rings. The second kappa shape index (κ2) is 8.10. The molecule has 0 saturated heterocycles. The molecule has 150 valence electrons. The van der Waals surface area contributed by atoms with E-state index < -0.39 is 5.97 Å². The van der Waals surface area contributed by atoms with Crippen LogP contribution in [0.4, 0.5) is 0 Å². The summed E-state index contributed by atoms with van der Waals surface area (Å²) in [7, 11) is 2.16. The van der Waals surface area contributed by atoms with E-state index in [4.69, 9.17) is 5.11 Å². The van der Waals surface area contributed by atoms with Crippen LogP contribution in [0.25, 0.3) is 16.5 Å². The molecule has 6 nitrogen and oxygen atoms in total. The van der Waals surface area contributed by atoms with Crippen molar-refractivity contribution < 1.29 is 15.0 Å². The number of carbonyl (C=O) groups is 1. The van der Waals surface area contributed by atoms with Gasteiger partial charge < -0.3 is 15.2 Å². The van der Waals surface area contributed by atoms with Gasteiger partial charge in [0.25, 0.3) is 0 Å². The van der Waals surface area contributed by atoms with Gasteiger partial charge in [0.2, 0.25) is 0 Å². The van der Waals surface area contributed by atoms with Crippen LogP contribution < -0.4 is 0 Å². The number of aliphatic hydroxyl groups is 1. The van der Waals surface area contributed by atoms with Crippen LogP contribution in [0.5, 0.6) is 0 Å². The van der Waals surface area contributed by atoms with E-state index in [0.29, 0.717) is 10.5 Å². The zero-order valence-electron chi connectivity index (χ0n) is 16.0. The zero-order valence-corrected chi connectivity index (χ0v) is 17.6. The molecule has 0 radical (unpaired) electrons. The molecule has 0 bridgehead atoms. The Labute approximate surface area is 177 Å².